The van der Waals surface area contributed by atoms with E-state index in [2.05, 4.69) is 10.3 Å². The van der Waals surface area contributed by atoms with Crippen molar-refractivity contribution < 1.29 is 9.53 Å². The predicted octanol–water partition coefficient (Wildman–Crippen LogP) is 2.29. The summed E-state index contributed by atoms with van der Waals surface area (Å²) in [5, 5.41) is 2.74. The standard InChI is InChI=1S/C11H15ClN2O2/c1-3-16-11-9(5-4-6-13-11)14-10(15)8(2)7-12/h4-6,8H,3,7H2,1-2H3,(H,14,15). The van der Waals surface area contributed by atoms with Gasteiger partial charge in [-0.25, -0.2) is 4.98 Å². The molecular weight excluding hydrogens is 228 g/mol. The number of nitrogens with zero attached hydrogens (tertiary/aromatic N) is 1. The summed E-state index contributed by atoms with van der Waals surface area (Å²) in [5.74, 6) is 0.344. The number of ether oxygens (including phenoxy) is 1. The Balaban J connectivity index is 2.76. The molecule has 88 valence electrons. The lowest BCUT2D eigenvalue weighted by Gasteiger charge is -2.12. The number of carbonyl (C=O) groups is 1. The van der Waals surface area contributed by atoms with Crippen molar-refractivity contribution in [3.8, 4) is 5.88 Å². The van der Waals surface area contributed by atoms with Gasteiger partial charge in [0, 0.05) is 18.0 Å². The molecule has 0 aliphatic heterocycles. The third-order valence-electron chi connectivity index (χ3n) is 1.99. The Bertz CT molecular complexity index is 358. The van der Waals surface area contributed by atoms with Crippen molar-refractivity contribution in [2.24, 2.45) is 5.92 Å². The van der Waals surface area contributed by atoms with Gasteiger partial charge in [0.1, 0.15) is 5.69 Å². The van der Waals surface area contributed by atoms with E-state index < -0.39 is 0 Å². The van der Waals surface area contributed by atoms with E-state index in [1.807, 2.05) is 6.92 Å². The van der Waals surface area contributed by atoms with E-state index in [-0.39, 0.29) is 17.7 Å². The normalized spacial score (nSPS) is 11.9. The SMILES string of the molecule is CCOc1ncccc1NC(=O)C(C)CCl. The highest BCUT2D eigenvalue weighted by molar-refractivity contribution is 6.19. The fourth-order valence-corrected chi connectivity index (χ4v) is 1.20. The van der Waals surface area contributed by atoms with E-state index in [1.54, 1.807) is 25.3 Å². The van der Waals surface area contributed by atoms with E-state index in [1.165, 1.54) is 0 Å². The number of alkyl halides is 1. The number of rotatable bonds is 5. The van der Waals surface area contributed by atoms with Gasteiger partial charge in [0.25, 0.3) is 0 Å². The summed E-state index contributed by atoms with van der Waals surface area (Å²) in [4.78, 5) is 15.7. The number of nitrogens with one attached hydrogen (secondary N) is 1. The van der Waals surface area contributed by atoms with Crippen molar-refractivity contribution >= 4 is 23.2 Å². The second-order valence-corrected chi connectivity index (χ2v) is 3.64. The van der Waals surface area contributed by atoms with Crippen LogP contribution in [0, 0.1) is 5.92 Å². The molecule has 1 amide bonds. The summed E-state index contributed by atoms with van der Waals surface area (Å²) in [5.41, 5.74) is 0.575. The van der Waals surface area contributed by atoms with Gasteiger partial charge in [0.2, 0.25) is 11.8 Å². The lowest BCUT2D eigenvalue weighted by Crippen LogP contribution is -2.22. The lowest BCUT2D eigenvalue weighted by molar-refractivity contribution is -0.118. The van der Waals surface area contributed by atoms with Crippen molar-refractivity contribution in [2.75, 3.05) is 17.8 Å². The monoisotopic (exact) mass is 242 g/mol. The Morgan fingerprint density at radius 3 is 3.06 bits per heavy atom. The molecule has 0 saturated carbocycles. The highest BCUT2D eigenvalue weighted by Crippen LogP contribution is 2.21. The van der Waals surface area contributed by atoms with Crippen molar-refractivity contribution in [1.82, 2.24) is 4.98 Å². The van der Waals surface area contributed by atoms with Crippen LogP contribution in [0.3, 0.4) is 0 Å². The first-order valence-corrected chi connectivity index (χ1v) is 5.67. The average Bonchev–Trinajstić information content (AvgIpc) is 2.31. The highest BCUT2D eigenvalue weighted by atomic mass is 35.5. The molecule has 0 spiro atoms. The Kier molecular flexibility index (Phi) is 5.05. The van der Waals surface area contributed by atoms with Gasteiger partial charge in [0.05, 0.1) is 6.61 Å². The quantitative estimate of drug-likeness (QED) is 0.806. The molecule has 1 N–H and O–H groups in total. The lowest BCUT2D eigenvalue weighted by atomic mass is 10.2. The largest absolute Gasteiger partial charge is 0.476 e. The van der Waals surface area contributed by atoms with Crippen LogP contribution in [0.4, 0.5) is 5.69 Å². The molecule has 0 aliphatic carbocycles. The Morgan fingerprint density at radius 2 is 2.44 bits per heavy atom. The van der Waals surface area contributed by atoms with E-state index in [0.29, 0.717) is 18.2 Å². The molecule has 0 saturated heterocycles. The molecule has 16 heavy (non-hydrogen) atoms. The van der Waals surface area contributed by atoms with Crippen LogP contribution in [-0.2, 0) is 4.79 Å². The Labute approximate surface area is 100.0 Å². The molecule has 5 heteroatoms. The Morgan fingerprint density at radius 1 is 1.69 bits per heavy atom. The van der Waals surface area contributed by atoms with Gasteiger partial charge in [0.15, 0.2) is 0 Å². The van der Waals surface area contributed by atoms with Gasteiger partial charge in [-0.2, -0.15) is 0 Å². The number of pyridine rings is 1. The van der Waals surface area contributed by atoms with Crippen molar-refractivity contribution in [3.05, 3.63) is 18.3 Å². The minimum atomic E-state index is -0.239. The maximum absolute atomic E-state index is 11.6. The second-order valence-electron chi connectivity index (χ2n) is 3.33. The first kappa shape index (κ1) is 12.8. The van der Waals surface area contributed by atoms with Crippen LogP contribution < -0.4 is 10.1 Å². The van der Waals surface area contributed by atoms with Gasteiger partial charge in [-0.3, -0.25) is 4.79 Å². The highest BCUT2D eigenvalue weighted by Gasteiger charge is 2.14. The molecule has 0 fully saturated rings. The van der Waals surface area contributed by atoms with Gasteiger partial charge in [-0.15, -0.1) is 11.6 Å². The van der Waals surface area contributed by atoms with Crippen molar-refractivity contribution in [3.63, 3.8) is 0 Å². The van der Waals surface area contributed by atoms with Crippen molar-refractivity contribution in [2.45, 2.75) is 13.8 Å². The number of aromatic nitrogens is 1. The first-order chi connectivity index (χ1) is 7.69. The maximum atomic E-state index is 11.6. The fourth-order valence-electron chi connectivity index (χ4n) is 1.06. The van der Waals surface area contributed by atoms with E-state index in [9.17, 15) is 4.79 Å². The summed E-state index contributed by atoms with van der Waals surface area (Å²) in [6.07, 6.45) is 1.62. The smallest absolute Gasteiger partial charge is 0.237 e. The van der Waals surface area contributed by atoms with E-state index in [4.69, 9.17) is 16.3 Å². The second kappa shape index (κ2) is 6.33. The molecule has 0 radical (unpaired) electrons. The third kappa shape index (κ3) is 3.38. The van der Waals surface area contributed by atoms with Crippen LogP contribution in [0.15, 0.2) is 18.3 Å². The average molecular weight is 243 g/mol. The van der Waals surface area contributed by atoms with E-state index >= 15 is 0 Å². The summed E-state index contributed by atoms with van der Waals surface area (Å²) in [6.45, 7) is 4.13. The molecule has 1 heterocycles. The third-order valence-corrected chi connectivity index (χ3v) is 2.45. The zero-order chi connectivity index (χ0) is 12.0. The van der Waals surface area contributed by atoms with Crippen LogP contribution in [-0.4, -0.2) is 23.4 Å². The van der Waals surface area contributed by atoms with Crippen LogP contribution >= 0.6 is 11.6 Å². The van der Waals surface area contributed by atoms with Crippen LogP contribution in [0.5, 0.6) is 5.88 Å². The molecule has 1 atom stereocenters. The number of halogens is 1. The maximum Gasteiger partial charge on any atom is 0.237 e. The molecule has 0 aliphatic rings. The molecule has 1 rings (SSSR count). The summed E-state index contributed by atoms with van der Waals surface area (Å²) in [6, 6.07) is 3.49. The fraction of sp³-hybridized carbons (Fsp3) is 0.455. The predicted molar refractivity (Wildman–Crippen MR) is 63.9 cm³/mol. The molecule has 1 unspecified atom stereocenters. The molecule has 1 aromatic heterocycles. The zero-order valence-corrected chi connectivity index (χ0v) is 10.1. The summed E-state index contributed by atoms with van der Waals surface area (Å²) >= 11 is 5.61. The minimum absolute atomic E-state index is 0.135. The summed E-state index contributed by atoms with van der Waals surface area (Å²) < 4.78 is 5.29. The van der Waals surface area contributed by atoms with Gasteiger partial charge in [-0.05, 0) is 19.1 Å². The molecule has 0 aromatic carbocycles. The van der Waals surface area contributed by atoms with Gasteiger partial charge < -0.3 is 10.1 Å². The molecule has 0 bridgehead atoms. The molecule has 4 nitrogen and oxygen atoms in total. The van der Waals surface area contributed by atoms with Gasteiger partial charge in [-0.1, -0.05) is 6.92 Å². The molecular formula is C11H15ClN2O2. The number of anilines is 1. The van der Waals surface area contributed by atoms with Crippen LogP contribution in [0.1, 0.15) is 13.8 Å². The molecule has 1 aromatic rings. The first-order valence-electron chi connectivity index (χ1n) is 5.13. The van der Waals surface area contributed by atoms with Gasteiger partial charge >= 0.3 is 0 Å². The number of hydrogen-bond donors (Lipinski definition) is 1. The topological polar surface area (TPSA) is 51.2 Å². The zero-order valence-electron chi connectivity index (χ0n) is 9.37. The Hall–Kier alpha value is -1.29. The number of amides is 1. The van der Waals surface area contributed by atoms with Crippen molar-refractivity contribution in [1.29, 1.82) is 0 Å². The minimum Gasteiger partial charge on any atom is -0.476 e. The number of hydrogen-bond acceptors (Lipinski definition) is 3. The van der Waals surface area contributed by atoms with E-state index in [0.717, 1.165) is 0 Å². The summed E-state index contributed by atoms with van der Waals surface area (Å²) in [7, 11) is 0. The number of carbonyl (C=O) groups excluding carboxylic acids is 1. The van der Waals surface area contributed by atoms with Crippen LogP contribution in [0.2, 0.25) is 0 Å². The van der Waals surface area contributed by atoms with Crippen LogP contribution in [0.25, 0.3) is 0 Å².